The minimum atomic E-state index is -0.340. The van der Waals surface area contributed by atoms with Gasteiger partial charge in [0.1, 0.15) is 0 Å². The minimum Gasteiger partial charge on any atom is -0.319 e. The Morgan fingerprint density at radius 2 is 2.06 bits per heavy atom. The van der Waals surface area contributed by atoms with Gasteiger partial charge in [-0.1, -0.05) is 11.6 Å². The number of rotatable bonds is 3. The Bertz CT molecular complexity index is 553. The second kappa shape index (κ2) is 5.38. The Morgan fingerprint density at radius 3 is 2.67 bits per heavy atom. The first-order valence-corrected chi connectivity index (χ1v) is 6.76. The van der Waals surface area contributed by atoms with Crippen molar-refractivity contribution in [2.24, 2.45) is 5.73 Å². The lowest BCUT2D eigenvalue weighted by Crippen LogP contribution is -2.19. The van der Waals surface area contributed by atoms with Crippen LogP contribution >= 0.6 is 27.5 Å². The zero-order chi connectivity index (χ0) is 13.3. The van der Waals surface area contributed by atoms with E-state index < -0.39 is 0 Å². The Morgan fingerprint density at radius 1 is 1.33 bits per heavy atom. The smallest absolute Gasteiger partial charge is 0.0837 e. The van der Waals surface area contributed by atoms with E-state index in [0.29, 0.717) is 5.02 Å². The van der Waals surface area contributed by atoms with Crippen molar-refractivity contribution < 1.29 is 0 Å². The summed E-state index contributed by atoms with van der Waals surface area (Å²) in [6.45, 7) is 4.08. The molecular weight excluding hydrogens is 316 g/mol. The number of nitrogens with two attached hydrogens (primary N) is 1. The summed E-state index contributed by atoms with van der Waals surface area (Å²) in [6, 6.07) is 1.80. The van der Waals surface area contributed by atoms with Crippen LogP contribution < -0.4 is 5.73 Å². The quantitative estimate of drug-likeness (QED) is 0.939. The fraction of sp³-hybridized carbons (Fsp3) is 0.333. The van der Waals surface area contributed by atoms with Crippen molar-refractivity contribution in [3.8, 4) is 0 Å². The van der Waals surface area contributed by atoms with Crippen LogP contribution in [0.3, 0.4) is 0 Å². The van der Waals surface area contributed by atoms with E-state index in [1.807, 2.05) is 24.6 Å². The third-order valence-electron chi connectivity index (χ3n) is 2.66. The summed E-state index contributed by atoms with van der Waals surface area (Å²) in [5, 5.41) is 4.84. The predicted octanol–water partition coefficient (Wildman–Crippen LogP) is 3.32. The van der Waals surface area contributed by atoms with E-state index >= 15 is 0 Å². The molecule has 4 nitrogen and oxygen atoms in total. The summed E-state index contributed by atoms with van der Waals surface area (Å²) in [4.78, 5) is 4.12. The maximum Gasteiger partial charge on any atom is 0.0837 e. The summed E-state index contributed by atoms with van der Waals surface area (Å²) in [5.74, 6) is 0. The highest BCUT2D eigenvalue weighted by atomic mass is 79.9. The van der Waals surface area contributed by atoms with Crippen LogP contribution in [-0.4, -0.2) is 14.8 Å². The monoisotopic (exact) mass is 328 g/mol. The van der Waals surface area contributed by atoms with Gasteiger partial charge in [-0.05, 0) is 41.4 Å². The van der Waals surface area contributed by atoms with Gasteiger partial charge in [0, 0.05) is 22.9 Å². The van der Waals surface area contributed by atoms with Crippen molar-refractivity contribution in [1.82, 2.24) is 14.8 Å². The molecule has 2 aromatic heterocycles. The molecule has 96 valence electrons. The molecule has 2 heterocycles. The van der Waals surface area contributed by atoms with Gasteiger partial charge in [0.15, 0.2) is 0 Å². The van der Waals surface area contributed by atoms with E-state index in [0.717, 1.165) is 15.7 Å². The zero-order valence-corrected chi connectivity index (χ0v) is 12.5. The highest BCUT2D eigenvalue weighted by Crippen LogP contribution is 2.29. The Balaban J connectivity index is 2.45. The molecule has 0 radical (unpaired) electrons. The van der Waals surface area contributed by atoms with Crippen LogP contribution in [0, 0.1) is 0 Å². The van der Waals surface area contributed by atoms with Gasteiger partial charge in [-0.25, -0.2) is 0 Å². The van der Waals surface area contributed by atoms with Gasteiger partial charge in [0.25, 0.3) is 0 Å². The van der Waals surface area contributed by atoms with Gasteiger partial charge >= 0.3 is 0 Å². The van der Waals surface area contributed by atoms with Crippen molar-refractivity contribution in [3.05, 3.63) is 45.4 Å². The number of halogens is 2. The normalized spacial score (nSPS) is 13.0. The molecule has 2 N–H and O–H groups in total. The van der Waals surface area contributed by atoms with Crippen molar-refractivity contribution in [2.45, 2.75) is 25.9 Å². The van der Waals surface area contributed by atoms with Crippen LogP contribution in [0.4, 0.5) is 0 Å². The molecule has 1 atom stereocenters. The summed E-state index contributed by atoms with van der Waals surface area (Å²) in [6.07, 6.45) is 5.09. The molecule has 0 saturated carbocycles. The number of pyridine rings is 1. The van der Waals surface area contributed by atoms with Crippen LogP contribution in [0.5, 0.6) is 0 Å². The van der Waals surface area contributed by atoms with E-state index in [1.54, 1.807) is 18.6 Å². The molecule has 0 saturated heterocycles. The Hall–Kier alpha value is -0.910. The average Bonchev–Trinajstić information content (AvgIpc) is 2.70. The highest BCUT2D eigenvalue weighted by molar-refractivity contribution is 9.10. The second-order valence-corrected chi connectivity index (χ2v) is 5.65. The second-order valence-electron chi connectivity index (χ2n) is 4.33. The van der Waals surface area contributed by atoms with Gasteiger partial charge in [-0.2, -0.15) is 5.10 Å². The molecular formula is C12H14BrClN4. The summed E-state index contributed by atoms with van der Waals surface area (Å²) in [5.41, 5.74) is 7.97. The zero-order valence-electron chi connectivity index (χ0n) is 10.1. The first kappa shape index (κ1) is 13.5. The van der Waals surface area contributed by atoms with Crippen LogP contribution in [0.1, 0.15) is 37.2 Å². The lowest BCUT2D eigenvalue weighted by molar-refractivity contribution is 0.499. The molecule has 6 heteroatoms. The third kappa shape index (κ3) is 2.58. The largest absolute Gasteiger partial charge is 0.319 e. The number of aromatic nitrogens is 3. The minimum absolute atomic E-state index is 0.207. The van der Waals surface area contributed by atoms with Crippen molar-refractivity contribution in [3.63, 3.8) is 0 Å². The summed E-state index contributed by atoms with van der Waals surface area (Å²) < 4.78 is 2.73. The topological polar surface area (TPSA) is 56.7 Å². The predicted molar refractivity (Wildman–Crippen MR) is 75.6 cm³/mol. The lowest BCUT2D eigenvalue weighted by atomic mass is 10.1. The summed E-state index contributed by atoms with van der Waals surface area (Å²) >= 11 is 9.56. The van der Waals surface area contributed by atoms with Gasteiger partial charge in [-0.15, -0.1) is 0 Å². The van der Waals surface area contributed by atoms with Crippen LogP contribution in [0.25, 0.3) is 0 Å². The number of hydrogen-bond donors (Lipinski definition) is 1. The van der Waals surface area contributed by atoms with Crippen molar-refractivity contribution in [2.75, 3.05) is 0 Å². The Kier molecular flexibility index (Phi) is 4.04. The fourth-order valence-corrected chi connectivity index (χ4v) is 2.44. The van der Waals surface area contributed by atoms with E-state index in [-0.39, 0.29) is 12.1 Å². The number of hydrogen-bond acceptors (Lipinski definition) is 3. The van der Waals surface area contributed by atoms with Crippen molar-refractivity contribution in [1.29, 1.82) is 0 Å². The van der Waals surface area contributed by atoms with Crippen LogP contribution in [0.15, 0.2) is 29.1 Å². The van der Waals surface area contributed by atoms with Gasteiger partial charge in [0.2, 0.25) is 0 Å². The molecule has 1 unspecified atom stereocenters. The Labute approximate surface area is 119 Å². The molecule has 0 spiro atoms. The maximum atomic E-state index is 6.26. The third-order valence-corrected chi connectivity index (χ3v) is 3.38. The van der Waals surface area contributed by atoms with E-state index in [9.17, 15) is 0 Å². The molecule has 0 aliphatic carbocycles. The molecule has 0 aliphatic heterocycles. The maximum absolute atomic E-state index is 6.26. The van der Waals surface area contributed by atoms with E-state index in [1.165, 1.54) is 0 Å². The lowest BCUT2D eigenvalue weighted by Gasteiger charge is -2.17. The molecule has 18 heavy (non-hydrogen) atoms. The standard InChI is InChI=1S/C12H14BrClN4/c1-7(2)18-12(10(14)6-17-18)11(15)8-3-9(13)5-16-4-8/h3-7,11H,15H2,1-2H3. The highest BCUT2D eigenvalue weighted by Gasteiger charge is 2.20. The molecule has 2 rings (SSSR count). The first-order valence-electron chi connectivity index (χ1n) is 5.59. The van der Waals surface area contributed by atoms with E-state index in [4.69, 9.17) is 17.3 Å². The molecule has 2 aromatic rings. The van der Waals surface area contributed by atoms with Crippen molar-refractivity contribution >= 4 is 27.5 Å². The summed E-state index contributed by atoms with van der Waals surface area (Å²) in [7, 11) is 0. The molecule has 0 fully saturated rings. The molecule has 0 amide bonds. The van der Waals surface area contributed by atoms with Gasteiger partial charge in [-0.3, -0.25) is 9.67 Å². The van der Waals surface area contributed by atoms with Crippen LogP contribution in [0.2, 0.25) is 5.02 Å². The molecule has 0 aliphatic rings. The molecule has 0 aromatic carbocycles. The first-order chi connectivity index (χ1) is 8.50. The van der Waals surface area contributed by atoms with Gasteiger partial charge < -0.3 is 5.73 Å². The number of nitrogens with zero attached hydrogens (tertiary/aromatic N) is 3. The average molecular weight is 330 g/mol. The van der Waals surface area contributed by atoms with Crippen LogP contribution in [-0.2, 0) is 0 Å². The SMILES string of the molecule is CC(C)n1ncc(Cl)c1C(N)c1cncc(Br)c1. The molecule has 0 bridgehead atoms. The van der Waals surface area contributed by atoms with Gasteiger partial charge in [0.05, 0.1) is 23.0 Å². The fourth-order valence-electron chi connectivity index (χ4n) is 1.81. The van der Waals surface area contributed by atoms with E-state index in [2.05, 4.69) is 26.0 Å².